The van der Waals surface area contributed by atoms with Crippen molar-refractivity contribution < 1.29 is 14.4 Å². The number of hydrogen-bond acceptors (Lipinski definition) is 5. The van der Waals surface area contributed by atoms with E-state index in [1.165, 1.54) is 6.42 Å². The van der Waals surface area contributed by atoms with Crippen molar-refractivity contribution in [3.8, 4) is 11.4 Å². The fourth-order valence-corrected chi connectivity index (χ4v) is 4.34. The van der Waals surface area contributed by atoms with E-state index in [2.05, 4.69) is 10.1 Å². The maximum Gasteiger partial charge on any atom is 0.320 e. The van der Waals surface area contributed by atoms with Gasteiger partial charge in [0.2, 0.25) is 11.7 Å². The van der Waals surface area contributed by atoms with E-state index in [1.54, 1.807) is 12.1 Å². The highest BCUT2D eigenvalue weighted by molar-refractivity contribution is 6.30. The second-order valence-electron chi connectivity index (χ2n) is 6.89. The third-order valence-corrected chi connectivity index (χ3v) is 5.65. The fraction of sp³-hybridized carbons (Fsp3) is 0.500. The standard InChI is InChI=1S/C18H20ClN3O3/c19-13-7-5-11(6-8-13)17-20-16(25-21-17)10-22-14-4-2-1-3-12(14)9-15(22)18(23)24/h5-8,12,14-15H,1-4,9-10H2,(H,23,24)/t12-,14-,15+/m1/s1. The molecular formula is C18H20ClN3O3. The van der Waals surface area contributed by atoms with E-state index in [9.17, 15) is 9.90 Å². The number of rotatable bonds is 4. The predicted octanol–water partition coefficient (Wildman–Crippen LogP) is 3.61. The zero-order valence-electron chi connectivity index (χ0n) is 13.8. The lowest BCUT2D eigenvalue weighted by Crippen LogP contribution is -2.41. The molecule has 7 heteroatoms. The van der Waals surface area contributed by atoms with Crippen LogP contribution in [0, 0.1) is 5.92 Å². The summed E-state index contributed by atoms with van der Waals surface area (Å²) in [6.45, 7) is 0.388. The van der Waals surface area contributed by atoms with Gasteiger partial charge >= 0.3 is 5.97 Å². The number of carbonyl (C=O) groups is 1. The van der Waals surface area contributed by atoms with Gasteiger partial charge in [0.05, 0.1) is 6.54 Å². The van der Waals surface area contributed by atoms with Crippen molar-refractivity contribution in [1.82, 2.24) is 15.0 Å². The summed E-state index contributed by atoms with van der Waals surface area (Å²) < 4.78 is 5.39. The number of benzene rings is 1. The first-order valence-corrected chi connectivity index (χ1v) is 9.06. The molecule has 2 aromatic rings. The topological polar surface area (TPSA) is 79.5 Å². The highest BCUT2D eigenvalue weighted by atomic mass is 35.5. The molecule has 1 aliphatic carbocycles. The highest BCUT2D eigenvalue weighted by Gasteiger charge is 2.45. The number of likely N-dealkylation sites (tertiary alicyclic amines) is 1. The second kappa shape index (κ2) is 6.77. The van der Waals surface area contributed by atoms with Crippen LogP contribution in [0.5, 0.6) is 0 Å². The normalized spacial score (nSPS) is 26.5. The molecule has 1 N–H and O–H groups in total. The summed E-state index contributed by atoms with van der Waals surface area (Å²) in [4.78, 5) is 18.2. The maximum absolute atomic E-state index is 11.7. The van der Waals surface area contributed by atoms with Crippen LogP contribution >= 0.6 is 11.6 Å². The van der Waals surface area contributed by atoms with E-state index >= 15 is 0 Å². The van der Waals surface area contributed by atoms with Crippen molar-refractivity contribution in [3.63, 3.8) is 0 Å². The quantitative estimate of drug-likeness (QED) is 0.896. The lowest BCUT2D eigenvalue weighted by molar-refractivity contribution is -0.143. The predicted molar refractivity (Wildman–Crippen MR) is 92.1 cm³/mol. The van der Waals surface area contributed by atoms with Crippen LogP contribution in [-0.4, -0.2) is 38.2 Å². The number of carboxylic acid groups (broad SMARTS) is 1. The molecule has 2 aliphatic rings. The van der Waals surface area contributed by atoms with Crippen LogP contribution in [-0.2, 0) is 11.3 Å². The van der Waals surface area contributed by atoms with Crippen molar-refractivity contribution in [3.05, 3.63) is 35.2 Å². The Kier molecular flexibility index (Phi) is 4.48. The van der Waals surface area contributed by atoms with E-state index in [-0.39, 0.29) is 0 Å². The lowest BCUT2D eigenvalue weighted by Gasteiger charge is -2.31. The molecule has 2 heterocycles. The molecule has 3 atom stereocenters. The van der Waals surface area contributed by atoms with Crippen molar-refractivity contribution in [2.24, 2.45) is 5.92 Å². The average molecular weight is 362 g/mol. The second-order valence-corrected chi connectivity index (χ2v) is 7.33. The first-order chi connectivity index (χ1) is 12.1. The largest absolute Gasteiger partial charge is 0.480 e. The van der Waals surface area contributed by atoms with Crippen molar-refractivity contribution in [1.29, 1.82) is 0 Å². The number of halogens is 1. The summed E-state index contributed by atoms with van der Waals surface area (Å²) in [6, 6.07) is 7.08. The SMILES string of the molecule is O=C(O)[C@@H]1C[C@H]2CCCC[C@H]2N1Cc1nc(-c2ccc(Cl)cc2)no1. The van der Waals surface area contributed by atoms with E-state index in [0.717, 1.165) is 31.2 Å². The minimum Gasteiger partial charge on any atom is -0.480 e. The summed E-state index contributed by atoms with van der Waals surface area (Å²) in [5, 5.41) is 14.3. The molecule has 2 fully saturated rings. The number of aliphatic carboxylic acids is 1. The summed E-state index contributed by atoms with van der Waals surface area (Å²) in [7, 11) is 0. The van der Waals surface area contributed by atoms with Gasteiger partial charge in [-0.3, -0.25) is 9.69 Å². The Hall–Kier alpha value is -1.92. The first kappa shape index (κ1) is 16.5. The van der Waals surface area contributed by atoms with E-state index in [1.807, 2.05) is 17.0 Å². The molecule has 132 valence electrons. The molecular weight excluding hydrogens is 342 g/mol. The summed E-state index contributed by atoms with van der Waals surface area (Å²) in [5.41, 5.74) is 0.825. The number of aromatic nitrogens is 2. The van der Waals surface area contributed by atoms with Gasteiger partial charge in [-0.15, -0.1) is 0 Å². The number of nitrogens with zero attached hydrogens (tertiary/aromatic N) is 3. The fourth-order valence-electron chi connectivity index (χ4n) is 4.21. The molecule has 0 bridgehead atoms. The van der Waals surface area contributed by atoms with E-state index < -0.39 is 12.0 Å². The molecule has 1 saturated carbocycles. The molecule has 1 saturated heterocycles. The molecule has 0 unspecified atom stereocenters. The van der Waals surface area contributed by atoms with Gasteiger partial charge in [-0.2, -0.15) is 4.98 Å². The Morgan fingerprint density at radius 3 is 2.80 bits per heavy atom. The molecule has 1 aliphatic heterocycles. The Balaban J connectivity index is 1.54. The smallest absolute Gasteiger partial charge is 0.320 e. The molecule has 6 nitrogen and oxygen atoms in total. The van der Waals surface area contributed by atoms with Gasteiger partial charge in [-0.25, -0.2) is 0 Å². The molecule has 25 heavy (non-hydrogen) atoms. The Morgan fingerprint density at radius 1 is 1.28 bits per heavy atom. The van der Waals surface area contributed by atoms with Gasteiger partial charge < -0.3 is 9.63 Å². The van der Waals surface area contributed by atoms with Crippen LogP contribution in [0.15, 0.2) is 28.8 Å². The maximum atomic E-state index is 11.7. The van der Waals surface area contributed by atoms with Crippen LogP contribution in [0.4, 0.5) is 0 Å². The van der Waals surface area contributed by atoms with Crippen LogP contribution < -0.4 is 0 Å². The Bertz CT molecular complexity index is 761. The van der Waals surface area contributed by atoms with Crippen LogP contribution in [0.2, 0.25) is 5.02 Å². The minimum atomic E-state index is -0.758. The first-order valence-electron chi connectivity index (χ1n) is 8.69. The third-order valence-electron chi connectivity index (χ3n) is 5.39. The molecule has 0 amide bonds. The van der Waals surface area contributed by atoms with Crippen LogP contribution in [0.25, 0.3) is 11.4 Å². The molecule has 4 rings (SSSR count). The number of fused-ring (bicyclic) bond motifs is 1. The molecule has 1 aromatic carbocycles. The van der Waals surface area contributed by atoms with Crippen molar-refractivity contribution >= 4 is 17.6 Å². The summed E-state index contributed by atoms with van der Waals surface area (Å²) in [6.07, 6.45) is 5.24. The number of carboxylic acids is 1. The highest BCUT2D eigenvalue weighted by Crippen LogP contribution is 2.40. The summed E-state index contributed by atoms with van der Waals surface area (Å²) >= 11 is 5.90. The van der Waals surface area contributed by atoms with Gasteiger partial charge in [-0.1, -0.05) is 29.6 Å². The van der Waals surface area contributed by atoms with E-state index in [0.29, 0.717) is 35.2 Å². The zero-order valence-corrected chi connectivity index (χ0v) is 14.5. The third kappa shape index (κ3) is 3.28. The van der Waals surface area contributed by atoms with E-state index in [4.69, 9.17) is 16.1 Å². The Morgan fingerprint density at radius 2 is 2.04 bits per heavy atom. The minimum absolute atomic E-state index is 0.306. The van der Waals surface area contributed by atoms with Gasteiger partial charge in [0.1, 0.15) is 6.04 Å². The van der Waals surface area contributed by atoms with Gasteiger partial charge in [0.15, 0.2) is 0 Å². The van der Waals surface area contributed by atoms with Gasteiger partial charge in [0, 0.05) is 16.6 Å². The average Bonchev–Trinajstić information content (AvgIpc) is 3.21. The van der Waals surface area contributed by atoms with Gasteiger partial charge in [-0.05, 0) is 49.4 Å². The number of hydrogen-bond donors (Lipinski definition) is 1. The summed E-state index contributed by atoms with van der Waals surface area (Å²) in [5.74, 6) is 0.667. The molecule has 0 radical (unpaired) electrons. The van der Waals surface area contributed by atoms with Gasteiger partial charge in [0.25, 0.3) is 0 Å². The van der Waals surface area contributed by atoms with Crippen LogP contribution in [0.3, 0.4) is 0 Å². The molecule has 1 aromatic heterocycles. The van der Waals surface area contributed by atoms with Crippen molar-refractivity contribution in [2.75, 3.05) is 0 Å². The lowest BCUT2D eigenvalue weighted by atomic mass is 9.85. The molecule has 0 spiro atoms. The monoisotopic (exact) mass is 361 g/mol. The van der Waals surface area contributed by atoms with Crippen LogP contribution in [0.1, 0.15) is 38.0 Å². The Labute approximate surface area is 150 Å². The van der Waals surface area contributed by atoms with Crippen molar-refractivity contribution in [2.45, 2.75) is 50.7 Å². The zero-order chi connectivity index (χ0) is 17.4.